The van der Waals surface area contributed by atoms with E-state index in [0.717, 1.165) is 63.0 Å². The molecular weight excluding hydrogens is 472 g/mol. The molecule has 10 heteroatoms. The number of ether oxygens (including phenoxy) is 1. The Kier molecular flexibility index (Phi) is 7.51. The SMILES string of the molecule is CNc1cc(-c2nnc(-c3cccc4c3CCC[C@@H]4NS(=O)(=O)CCO)s2)ccc1OC(C)C. The minimum absolute atomic E-state index is 0.0762. The Bertz CT molecular complexity index is 1260. The van der Waals surface area contributed by atoms with Gasteiger partial charge in [0.05, 0.1) is 24.2 Å². The highest BCUT2D eigenvalue weighted by Crippen LogP contribution is 2.40. The molecule has 1 aliphatic rings. The molecule has 0 radical (unpaired) electrons. The highest BCUT2D eigenvalue weighted by Gasteiger charge is 2.27. The molecule has 0 unspecified atom stereocenters. The van der Waals surface area contributed by atoms with E-state index in [9.17, 15) is 8.42 Å². The number of rotatable bonds is 9. The fraction of sp³-hybridized carbons (Fsp3) is 0.417. The van der Waals surface area contributed by atoms with Crippen LogP contribution >= 0.6 is 11.3 Å². The van der Waals surface area contributed by atoms with Crippen LogP contribution in [0.15, 0.2) is 36.4 Å². The summed E-state index contributed by atoms with van der Waals surface area (Å²) in [5.74, 6) is 0.492. The first-order chi connectivity index (χ1) is 16.3. The van der Waals surface area contributed by atoms with Gasteiger partial charge in [-0.25, -0.2) is 13.1 Å². The lowest BCUT2D eigenvalue weighted by atomic mass is 9.85. The number of aliphatic hydroxyl groups is 1. The van der Waals surface area contributed by atoms with Crippen molar-refractivity contribution in [2.45, 2.75) is 45.3 Å². The van der Waals surface area contributed by atoms with Crippen LogP contribution in [-0.4, -0.2) is 49.2 Å². The van der Waals surface area contributed by atoms with E-state index in [2.05, 4.69) is 20.2 Å². The van der Waals surface area contributed by atoms with E-state index in [1.54, 1.807) is 0 Å². The average Bonchev–Trinajstić information content (AvgIpc) is 3.28. The van der Waals surface area contributed by atoms with Gasteiger partial charge in [-0.3, -0.25) is 0 Å². The largest absolute Gasteiger partial charge is 0.489 e. The second kappa shape index (κ2) is 10.4. The summed E-state index contributed by atoms with van der Waals surface area (Å²) in [6.45, 7) is 3.59. The van der Waals surface area contributed by atoms with Crippen molar-refractivity contribution in [2.24, 2.45) is 0 Å². The van der Waals surface area contributed by atoms with Gasteiger partial charge in [0.15, 0.2) is 0 Å². The zero-order valence-corrected chi connectivity index (χ0v) is 21.2. The fourth-order valence-corrected chi connectivity index (χ4v) is 6.16. The molecule has 0 bridgehead atoms. The Labute approximate surface area is 204 Å². The van der Waals surface area contributed by atoms with Gasteiger partial charge in [0, 0.05) is 24.2 Å². The van der Waals surface area contributed by atoms with Gasteiger partial charge in [-0.2, -0.15) is 0 Å². The smallest absolute Gasteiger partial charge is 0.214 e. The normalized spacial score (nSPS) is 15.9. The summed E-state index contributed by atoms with van der Waals surface area (Å²) in [5.41, 5.74) is 4.89. The molecule has 2 aromatic carbocycles. The molecule has 0 saturated carbocycles. The topological polar surface area (TPSA) is 113 Å². The van der Waals surface area contributed by atoms with Crippen molar-refractivity contribution in [3.63, 3.8) is 0 Å². The summed E-state index contributed by atoms with van der Waals surface area (Å²) < 4.78 is 33.1. The van der Waals surface area contributed by atoms with Crippen LogP contribution < -0.4 is 14.8 Å². The van der Waals surface area contributed by atoms with E-state index >= 15 is 0 Å². The van der Waals surface area contributed by atoms with Crippen molar-refractivity contribution in [3.8, 4) is 26.9 Å². The van der Waals surface area contributed by atoms with Gasteiger partial charge < -0.3 is 15.2 Å². The number of nitrogens with one attached hydrogen (secondary N) is 2. The number of nitrogens with zero attached hydrogens (tertiary/aromatic N) is 2. The third-order valence-electron chi connectivity index (χ3n) is 5.70. The second-order valence-electron chi connectivity index (χ2n) is 8.52. The van der Waals surface area contributed by atoms with Crippen LogP contribution in [0, 0.1) is 0 Å². The van der Waals surface area contributed by atoms with Crippen molar-refractivity contribution in [3.05, 3.63) is 47.5 Å². The van der Waals surface area contributed by atoms with E-state index in [0.29, 0.717) is 0 Å². The molecule has 1 aliphatic carbocycles. The third kappa shape index (κ3) is 5.41. The Morgan fingerprint density at radius 2 is 2.00 bits per heavy atom. The molecule has 4 rings (SSSR count). The number of fused-ring (bicyclic) bond motifs is 1. The molecule has 3 N–H and O–H groups in total. The van der Waals surface area contributed by atoms with Crippen LogP contribution in [0.5, 0.6) is 5.75 Å². The van der Waals surface area contributed by atoms with Gasteiger partial charge in [0.1, 0.15) is 15.8 Å². The monoisotopic (exact) mass is 502 g/mol. The summed E-state index contributed by atoms with van der Waals surface area (Å²) >= 11 is 1.51. The molecule has 0 spiro atoms. The van der Waals surface area contributed by atoms with Gasteiger partial charge in [0.25, 0.3) is 0 Å². The predicted octanol–water partition coefficient (Wildman–Crippen LogP) is 3.99. The van der Waals surface area contributed by atoms with E-state index in [-0.39, 0.29) is 17.9 Å². The van der Waals surface area contributed by atoms with Gasteiger partial charge in [-0.1, -0.05) is 29.5 Å². The standard InChI is InChI=1S/C24H30N4O4S2/c1-15(2)32-22-11-10-16(14-21(22)25-3)23-26-27-24(33-23)19-8-4-7-18-17(19)6-5-9-20(18)28-34(30,31)13-12-29/h4,7-8,10-11,14-15,20,25,28-29H,5-6,9,12-13H2,1-3H3/t20-/m0/s1. The number of hydrogen-bond acceptors (Lipinski definition) is 8. The van der Waals surface area contributed by atoms with E-state index < -0.39 is 16.6 Å². The van der Waals surface area contributed by atoms with Gasteiger partial charge in [-0.15, -0.1) is 10.2 Å². The summed E-state index contributed by atoms with van der Waals surface area (Å²) in [4.78, 5) is 0. The molecule has 0 amide bonds. The van der Waals surface area contributed by atoms with E-state index in [4.69, 9.17) is 9.84 Å². The van der Waals surface area contributed by atoms with Crippen LogP contribution in [0.1, 0.15) is 43.9 Å². The first-order valence-electron chi connectivity index (χ1n) is 11.4. The Hall–Kier alpha value is -2.53. The number of aromatic nitrogens is 2. The number of anilines is 1. The Morgan fingerprint density at radius 1 is 1.21 bits per heavy atom. The van der Waals surface area contributed by atoms with Crippen molar-refractivity contribution < 1.29 is 18.3 Å². The lowest BCUT2D eigenvalue weighted by molar-refractivity contribution is 0.244. The van der Waals surface area contributed by atoms with Gasteiger partial charge >= 0.3 is 0 Å². The zero-order chi connectivity index (χ0) is 24.3. The number of hydrogen-bond donors (Lipinski definition) is 3. The molecule has 0 aliphatic heterocycles. The van der Waals surface area contributed by atoms with Crippen molar-refractivity contribution >= 4 is 27.0 Å². The molecule has 0 saturated heterocycles. The predicted molar refractivity (Wildman–Crippen MR) is 136 cm³/mol. The quantitative estimate of drug-likeness (QED) is 0.405. The van der Waals surface area contributed by atoms with Gasteiger partial charge in [-0.05, 0) is 62.4 Å². The lowest BCUT2D eigenvalue weighted by Gasteiger charge is -2.27. The Balaban J connectivity index is 1.64. The first-order valence-corrected chi connectivity index (χ1v) is 13.8. The van der Waals surface area contributed by atoms with Crippen LogP contribution in [0.2, 0.25) is 0 Å². The summed E-state index contributed by atoms with van der Waals surface area (Å²) in [7, 11) is -1.68. The Morgan fingerprint density at radius 3 is 2.74 bits per heavy atom. The maximum Gasteiger partial charge on any atom is 0.214 e. The highest BCUT2D eigenvalue weighted by molar-refractivity contribution is 7.89. The average molecular weight is 503 g/mol. The van der Waals surface area contributed by atoms with Crippen molar-refractivity contribution in [2.75, 3.05) is 24.7 Å². The fourth-order valence-electron chi connectivity index (χ4n) is 4.23. The first kappa shape index (κ1) is 24.6. The van der Waals surface area contributed by atoms with E-state index in [1.165, 1.54) is 11.3 Å². The molecule has 34 heavy (non-hydrogen) atoms. The number of sulfonamides is 1. The van der Waals surface area contributed by atoms with Crippen LogP contribution in [0.3, 0.4) is 0 Å². The molecule has 1 aromatic heterocycles. The lowest BCUT2D eigenvalue weighted by Crippen LogP contribution is -2.33. The molecule has 8 nitrogen and oxygen atoms in total. The van der Waals surface area contributed by atoms with Crippen LogP contribution in [0.25, 0.3) is 21.1 Å². The highest BCUT2D eigenvalue weighted by atomic mass is 32.2. The molecule has 1 heterocycles. The maximum atomic E-state index is 12.3. The van der Waals surface area contributed by atoms with Crippen molar-refractivity contribution in [1.29, 1.82) is 0 Å². The molecule has 0 fully saturated rings. The molecule has 1 atom stereocenters. The number of aliphatic hydroxyl groups excluding tert-OH is 1. The van der Waals surface area contributed by atoms with Crippen molar-refractivity contribution in [1.82, 2.24) is 14.9 Å². The zero-order valence-electron chi connectivity index (χ0n) is 19.5. The molecule has 3 aromatic rings. The number of benzene rings is 2. The summed E-state index contributed by atoms with van der Waals surface area (Å²) in [6.07, 6.45) is 2.52. The minimum Gasteiger partial charge on any atom is -0.489 e. The van der Waals surface area contributed by atoms with Crippen LogP contribution in [-0.2, 0) is 16.4 Å². The summed E-state index contributed by atoms with van der Waals surface area (Å²) in [5, 5.41) is 22.8. The second-order valence-corrected chi connectivity index (χ2v) is 11.4. The van der Waals surface area contributed by atoms with Gasteiger partial charge in [0.2, 0.25) is 10.0 Å². The van der Waals surface area contributed by atoms with E-state index in [1.807, 2.05) is 57.3 Å². The maximum absolute atomic E-state index is 12.3. The van der Waals surface area contributed by atoms with Crippen LogP contribution in [0.4, 0.5) is 5.69 Å². The molecular formula is C24H30N4O4S2. The summed E-state index contributed by atoms with van der Waals surface area (Å²) in [6, 6.07) is 11.6. The minimum atomic E-state index is -3.54. The molecule has 182 valence electrons. The third-order valence-corrected chi connectivity index (χ3v) is 8.07.